The first-order valence-corrected chi connectivity index (χ1v) is 10.4. The number of piperidine rings is 1. The van der Waals surface area contributed by atoms with Crippen LogP contribution in [0, 0.1) is 5.92 Å². The van der Waals surface area contributed by atoms with Crippen molar-refractivity contribution in [3.63, 3.8) is 0 Å². The molecule has 1 amide bonds. The molecule has 1 saturated heterocycles. The van der Waals surface area contributed by atoms with Crippen LogP contribution in [-0.2, 0) is 13.5 Å². The van der Waals surface area contributed by atoms with Gasteiger partial charge in [-0.05, 0) is 68.6 Å². The zero-order valence-corrected chi connectivity index (χ0v) is 19.2. The van der Waals surface area contributed by atoms with E-state index in [2.05, 4.69) is 10.00 Å². The first-order chi connectivity index (χ1) is 14.5. The van der Waals surface area contributed by atoms with Crippen LogP contribution in [-0.4, -0.2) is 57.3 Å². The summed E-state index contributed by atoms with van der Waals surface area (Å²) in [5.74, 6) is 0.633. The Morgan fingerprint density at radius 2 is 1.75 bits per heavy atom. The molecule has 0 atom stereocenters. The predicted molar refractivity (Wildman–Crippen MR) is 130 cm³/mol. The number of benzene rings is 2. The van der Waals surface area contributed by atoms with Gasteiger partial charge in [-0.25, -0.2) is 0 Å². The van der Waals surface area contributed by atoms with Crippen molar-refractivity contribution in [3.05, 3.63) is 59.8 Å². The minimum Gasteiger partial charge on any atom is -0.508 e. The number of phenols is 1. The summed E-state index contributed by atoms with van der Waals surface area (Å²) < 4.78 is 1.51. The van der Waals surface area contributed by atoms with Crippen molar-refractivity contribution in [2.45, 2.75) is 19.3 Å². The second kappa shape index (κ2) is 13.0. The Hall–Kier alpha value is -2.65. The summed E-state index contributed by atoms with van der Waals surface area (Å²) in [4.78, 5) is 13.6. The van der Waals surface area contributed by atoms with Gasteiger partial charge in [-0.3, -0.25) is 9.48 Å². The molecule has 0 aliphatic carbocycles. The number of nitrogens with two attached hydrogens (primary N) is 2. The summed E-state index contributed by atoms with van der Waals surface area (Å²) in [6, 6.07) is 14.9. The minimum atomic E-state index is -0.448. The van der Waals surface area contributed by atoms with Crippen LogP contribution < -0.4 is 11.5 Å². The Labute approximate surface area is 194 Å². The van der Waals surface area contributed by atoms with Gasteiger partial charge in [-0.1, -0.05) is 30.3 Å². The molecule has 1 aromatic heterocycles. The molecule has 4 rings (SSSR count). The van der Waals surface area contributed by atoms with Gasteiger partial charge < -0.3 is 26.9 Å². The Morgan fingerprint density at radius 1 is 1.12 bits per heavy atom. The Bertz CT molecular complexity index is 969. The lowest BCUT2D eigenvalue weighted by molar-refractivity contribution is 0.0993. The zero-order chi connectivity index (χ0) is 21.5. The highest BCUT2D eigenvalue weighted by Crippen LogP contribution is 2.17. The van der Waals surface area contributed by atoms with E-state index in [-0.39, 0.29) is 17.9 Å². The van der Waals surface area contributed by atoms with Crippen molar-refractivity contribution in [2.24, 2.45) is 24.4 Å². The Balaban J connectivity index is 0.000000310. The minimum absolute atomic E-state index is 0. The molecule has 1 aliphatic heterocycles. The quantitative estimate of drug-likeness (QED) is 0.529. The van der Waals surface area contributed by atoms with Gasteiger partial charge in [-0.2, -0.15) is 5.10 Å². The predicted octanol–water partition coefficient (Wildman–Crippen LogP) is 1.87. The average molecular weight is 464 g/mol. The van der Waals surface area contributed by atoms with E-state index in [1.54, 1.807) is 19.2 Å². The van der Waals surface area contributed by atoms with Gasteiger partial charge in [0.25, 0.3) is 5.91 Å². The molecule has 0 unspecified atom stereocenters. The maximum Gasteiger partial charge on any atom is 0.267 e. The lowest BCUT2D eigenvalue weighted by Gasteiger charge is -2.31. The van der Waals surface area contributed by atoms with Crippen molar-refractivity contribution < 1.29 is 15.4 Å². The van der Waals surface area contributed by atoms with Crippen molar-refractivity contribution >= 4 is 29.2 Å². The topological polar surface area (TPSA) is 142 Å². The van der Waals surface area contributed by atoms with Gasteiger partial charge in [0.1, 0.15) is 11.4 Å². The molecule has 1 fully saturated rings. The highest BCUT2D eigenvalue weighted by atomic mass is 35.5. The van der Waals surface area contributed by atoms with E-state index in [0.717, 1.165) is 36.3 Å². The fraction of sp³-hybridized carbons (Fsp3) is 0.391. The molecule has 1 aliphatic rings. The number of hydrogen-bond acceptors (Lipinski definition) is 5. The second-order valence-electron chi connectivity index (χ2n) is 7.79. The molecule has 0 saturated carbocycles. The summed E-state index contributed by atoms with van der Waals surface area (Å²) in [7, 11) is 1.71. The number of primary amides is 1. The number of nitrogens with zero attached hydrogens (tertiary/aromatic N) is 3. The van der Waals surface area contributed by atoms with Crippen LogP contribution in [0.3, 0.4) is 0 Å². The van der Waals surface area contributed by atoms with Crippen LogP contribution in [0.2, 0.25) is 0 Å². The molecule has 3 aromatic rings. The molecule has 0 bridgehead atoms. The highest BCUT2D eigenvalue weighted by molar-refractivity contribution is 6.04. The fourth-order valence-corrected chi connectivity index (χ4v) is 3.83. The number of phenolic OH excluding ortho intramolecular Hbond substituents is 1. The van der Waals surface area contributed by atoms with Crippen LogP contribution in [0.15, 0.2) is 48.5 Å². The number of carbonyl (C=O) groups excluding carboxylic acids is 1. The lowest BCUT2D eigenvalue weighted by atomic mass is 9.97. The van der Waals surface area contributed by atoms with Gasteiger partial charge >= 0.3 is 0 Å². The summed E-state index contributed by atoms with van der Waals surface area (Å²) in [5, 5.41) is 14.2. The van der Waals surface area contributed by atoms with E-state index in [4.69, 9.17) is 11.5 Å². The fourth-order valence-electron chi connectivity index (χ4n) is 3.83. The molecule has 9 heteroatoms. The van der Waals surface area contributed by atoms with Gasteiger partial charge in [0.15, 0.2) is 0 Å². The molecule has 2 heterocycles. The monoisotopic (exact) mass is 463 g/mol. The van der Waals surface area contributed by atoms with Gasteiger partial charge in [-0.15, -0.1) is 12.4 Å². The molecule has 0 radical (unpaired) electrons. The summed E-state index contributed by atoms with van der Waals surface area (Å²) in [6.07, 6.45) is 3.55. The number of likely N-dealkylation sites (tertiary alicyclic amines) is 1. The van der Waals surface area contributed by atoms with E-state index in [9.17, 15) is 9.90 Å². The van der Waals surface area contributed by atoms with Gasteiger partial charge in [0.05, 0.1) is 5.52 Å². The Morgan fingerprint density at radius 3 is 2.34 bits per heavy atom. The average Bonchev–Trinajstić information content (AvgIpc) is 3.10. The number of halogens is 1. The molecule has 8 nitrogen and oxygen atoms in total. The maximum absolute atomic E-state index is 11.1. The van der Waals surface area contributed by atoms with Crippen LogP contribution >= 0.6 is 12.4 Å². The number of amides is 1. The normalized spacial score (nSPS) is 14.1. The van der Waals surface area contributed by atoms with E-state index >= 15 is 0 Å². The van der Waals surface area contributed by atoms with Crippen molar-refractivity contribution in [3.8, 4) is 5.75 Å². The van der Waals surface area contributed by atoms with Crippen molar-refractivity contribution in [2.75, 3.05) is 26.2 Å². The Kier molecular flexibility index (Phi) is 11.1. The van der Waals surface area contributed by atoms with Gasteiger partial charge in [0, 0.05) is 19.0 Å². The standard InChI is InChI=1S/C14H22N2O.C9H9N3O.ClH.H2O/c15-11-13-6-9-16(10-7-13)8-5-12-1-3-14(17)4-2-12;1-12-8(9(10)13)6-4-2-3-5-7(6)11-12;;/h1-4,13,17H,5-11,15H2;2-5H,1H3,(H2,10,13);1H;1H2. The van der Waals surface area contributed by atoms with E-state index in [0.29, 0.717) is 11.4 Å². The van der Waals surface area contributed by atoms with Crippen molar-refractivity contribution in [1.82, 2.24) is 14.7 Å². The largest absolute Gasteiger partial charge is 0.508 e. The van der Waals surface area contributed by atoms with Crippen LogP contribution in [0.4, 0.5) is 0 Å². The van der Waals surface area contributed by atoms with Gasteiger partial charge in [0.2, 0.25) is 0 Å². The number of fused-ring (bicyclic) bond motifs is 1. The number of aryl methyl sites for hydroxylation is 1. The molecule has 176 valence electrons. The van der Waals surface area contributed by atoms with E-state index < -0.39 is 5.91 Å². The van der Waals surface area contributed by atoms with Crippen LogP contribution in [0.25, 0.3) is 10.9 Å². The number of carbonyl (C=O) groups is 1. The summed E-state index contributed by atoms with van der Waals surface area (Å²) in [5.41, 5.74) is 13.5. The maximum atomic E-state index is 11.1. The number of hydrogen-bond donors (Lipinski definition) is 3. The second-order valence-corrected chi connectivity index (χ2v) is 7.79. The summed E-state index contributed by atoms with van der Waals surface area (Å²) in [6.45, 7) is 4.31. The zero-order valence-electron chi connectivity index (χ0n) is 18.4. The third-order valence-corrected chi connectivity index (χ3v) is 5.67. The molecular weight excluding hydrogens is 430 g/mol. The number of aromatic nitrogens is 2. The van der Waals surface area contributed by atoms with E-state index in [1.165, 1.54) is 36.2 Å². The SMILES string of the molecule is Cl.Cn1nc2ccccc2c1C(N)=O.NCC1CCN(CCc2ccc(O)cc2)CC1.O. The number of rotatable bonds is 5. The third-order valence-electron chi connectivity index (χ3n) is 5.67. The first kappa shape index (κ1) is 27.4. The number of aromatic hydroxyl groups is 1. The molecule has 32 heavy (non-hydrogen) atoms. The lowest BCUT2D eigenvalue weighted by Crippen LogP contribution is -2.37. The van der Waals surface area contributed by atoms with Crippen LogP contribution in [0.5, 0.6) is 5.75 Å². The first-order valence-electron chi connectivity index (χ1n) is 10.4. The highest BCUT2D eigenvalue weighted by Gasteiger charge is 2.17. The summed E-state index contributed by atoms with van der Waals surface area (Å²) >= 11 is 0. The van der Waals surface area contributed by atoms with Crippen LogP contribution in [0.1, 0.15) is 28.9 Å². The van der Waals surface area contributed by atoms with E-state index in [1.807, 2.05) is 36.4 Å². The smallest absolute Gasteiger partial charge is 0.267 e. The van der Waals surface area contributed by atoms with Crippen molar-refractivity contribution in [1.29, 1.82) is 0 Å². The third kappa shape index (κ3) is 7.20. The molecule has 7 N–H and O–H groups in total. The molecular formula is C23H34ClN5O3. The molecule has 2 aromatic carbocycles. The molecule has 0 spiro atoms.